The van der Waals surface area contributed by atoms with Crippen LogP contribution in [0.5, 0.6) is 0 Å². The third-order valence-electron chi connectivity index (χ3n) is 4.14. The highest BCUT2D eigenvalue weighted by Gasteiger charge is 2.35. The summed E-state index contributed by atoms with van der Waals surface area (Å²) in [5.74, 6) is 0.725. The highest BCUT2D eigenvalue weighted by molar-refractivity contribution is 9.10. The van der Waals surface area contributed by atoms with E-state index in [4.69, 9.17) is 0 Å². The first kappa shape index (κ1) is 15.0. The highest BCUT2D eigenvalue weighted by Crippen LogP contribution is 2.33. The van der Waals surface area contributed by atoms with Crippen LogP contribution in [-0.4, -0.2) is 21.9 Å². The molecule has 1 aliphatic rings. The van der Waals surface area contributed by atoms with Gasteiger partial charge in [0.15, 0.2) is 0 Å². The highest BCUT2D eigenvalue weighted by atomic mass is 79.9. The van der Waals surface area contributed by atoms with Crippen LogP contribution in [0.1, 0.15) is 51.4 Å². The van der Waals surface area contributed by atoms with Crippen molar-refractivity contribution >= 4 is 15.9 Å². The van der Waals surface area contributed by atoms with Gasteiger partial charge in [-0.15, -0.1) is 0 Å². The molecule has 3 nitrogen and oxygen atoms in total. The van der Waals surface area contributed by atoms with Crippen molar-refractivity contribution in [3.63, 3.8) is 0 Å². The standard InChI is InChI=1S/C15H26BrN3/c1-5-12-14(16)13(19(4)18-12)10-15(9-11(2)3)7-6-8-17-15/h11,17H,5-10H2,1-4H3. The van der Waals surface area contributed by atoms with Crippen molar-refractivity contribution in [2.45, 2.75) is 58.4 Å². The Balaban J connectivity index is 2.24. The van der Waals surface area contributed by atoms with Gasteiger partial charge >= 0.3 is 0 Å². The number of aromatic nitrogens is 2. The Kier molecular flexibility index (Phi) is 4.72. The zero-order valence-electron chi connectivity index (χ0n) is 12.6. The molecule has 19 heavy (non-hydrogen) atoms. The normalized spacial score (nSPS) is 23.5. The number of nitrogens with zero attached hydrogens (tertiary/aromatic N) is 2. The van der Waals surface area contributed by atoms with Crippen molar-refractivity contribution in [3.8, 4) is 0 Å². The minimum atomic E-state index is 0.273. The lowest BCUT2D eigenvalue weighted by Crippen LogP contribution is -2.43. The van der Waals surface area contributed by atoms with Crippen molar-refractivity contribution in [1.29, 1.82) is 0 Å². The number of nitrogens with one attached hydrogen (secondary N) is 1. The first-order chi connectivity index (χ1) is 8.97. The summed E-state index contributed by atoms with van der Waals surface area (Å²) in [7, 11) is 2.07. The lowest BCUT2D eigenvalue weighted by atomic mass is 9.83. The lowest BCUT2D eigenvalue weighted by molar-refractivity contribution is 0.295. The summed E-state index contributed by atoms with van der Waals surface area (Å²) < 4.78 is 3.28. The summed E-state index contributed by atoms with van der Waals surface area (Å²) in [6, 6.07) is 0. The van der Waals surface area contributed by atoms with Gasteiger partial charge in [0, 0.05) is 19.0 Å². The first-order valence-electron chi connectivity index (χ1n) is 7.42. The quantitative estimate of drug-likeness (QED) is 0.897. The molecule has 0 aromatic carbocycles. The van der Waals surface area contributed by atoms with Gasteiger partial charge in [-0.2, -0.15) is 5.10 Å². The molecule has 0 aliphatic carbocycles. The van der Waals surface area contributed by atoms with E-state index >= 15 is 0 Å². The van der Waals surface area contributed by atoms with Crippen molar-refractivity contribution in [1.82, 2.24) is 15.1 Å². The monoisotopic (exact) mass is 327 g/mol. The molecule has 0 amide bonds. The maximum atomic E-state index is 4.62. The van der Waals surface area contributed by atoms with Gasteiger partial charge in [-0.25, -0.2) is 0 Å². The van der Waals surface area contributed by atoms with Crippen LogP contribution < -0.4 is 5.32 Å². The molecule has 0 bridgehead atoms. The molecule has 0 saturated carbocycles. The molecule has 1 aromatic heterocycles. The van der Waals surface area contributed by atoms with E-state index in [0.29, 0.717) is 0 Å². The first-order valence-corrected chi connectivity index (χ1v) is 8.22. The summed E-state index contributed by atoms with van der Waals surface area (Å²) >= 11 is 3.75. The zero-order chi connectivity index (χ0) is 14.0. The van der Waals surface area contributed by atoms with Gasteiger partial charge in [-0.1, -0.05) is 20.8 Å². The van der Waals surface area contributed by atoms with Gasteiger partial charge in [0.05, 0.1) is 15.9 Å². The van der Waals surface area contributed by atoms with Crippen LogP contribution in [0.4, 0.5) is 0 Å². The third kappa shape index (κ3) is 3.22. The molecule has 0 spiro atoms. The fraction of sp³-hybridized carbons (Fsp3) is 0.800. The second kappa shape index (κ2) is 5.96. The van der Waals surface area contributed by atoms with Crippen molar-refractivity contribution in [3.05, 3.63) is 15.9 Å². The van der Waals surface area contributed by atoms with Gasteiger partial charge in [0.25, 0.3) is 0 Å². The van der Waals surface area contributed by atoms with Gasteiger partial charge in [-0.3, -0.25) is 4.68 Å². The molecule has 1 saturated heterocycles. The summed E-state index contributed by atoms with van der Waals surface area (Å²) in [5, 5.41) is 8.39. The lowest BCUT2D eigenvalue weighted by Gasteiger charge is -2.31. The van der Waals surface area contributed by atoms with Gasteiger partial charge < -0.3 is 5.32 Å². The van der Waals surface area contributed by atoms with Crippen molar-refractivity contribution in [2.24, 2.45) is 13.0 Å². The van der Waals surface area contributed by atoms with Crippen molar-refractivity contribution < 1.29 is 0 Å². The Morgan fingerprint density at radius 2 is 2.21 bits per heavy atom. The van der Waals surface area contributed by atoms with Gasteiger partial charge in [0.2, 0.25) is 0 Å². The average Bonchev–Trinajstić information content (AvgIpc) is 2.89. The predicted octanol–water partition coefficient (Wildman–Crippen LogP) is 3.46. The summed E-state index contributed by atoms with van der Waals surface area (Å²) in [6.45, 7) is 7.95. The second-order valence-electron chi connectivity index (χ2n) is 6.27. The summed E-state index contributed by atoms with van der Waals surface area (Å²) in [5.41, 5.74) is 2.79. The zero-order valence-corrected chi connectivity index (χ0v) is 14.2. The van der Waals surface area contributed by atoms with Crippen LogP contribution in [0.15, 0.2) is 4.47 Å². The van der Waals surface area contributed by atoms with Crippen LogP contribution in [-0.2, 0) is 19.9 Å². The van der Waals surface area contributed by atoms with Crippen LogP contribution in [0.3, 0.4) is 0 Å². The van der Waals surface area contributed by atoms with E-state index in [0.717, 1.165) is 25.3 Å². The van der Waals surface area contributed by atoms with E-state index in [1.807, 2.05) is 0 Å². The van der Waals surface area contributed by atoms with E-state index in [1.165, 1.54) is 35.1 Å². The summed E-state index contributed by atoms with van der Waals surface area (Å²) in [4.78, 5) is 0. The molecule has 2 heterocycles. The smallest absolute Gasteiger partial charge is 0.0766 e. The molecule has 1 atom stereocenters. The molecule has 0 radical (unpaired) electrons. The van der Waals surface area contributed by atoms with E-state index in [9.17, 15) is 0 Å². The van der Waals surface area contributed by atoms with Crippen LogP contribution in [0.2, 0.25) is 0 Å². The fourth-order valence-electron chi connectivity index (χ4n) is 3.38. The molecule has 1 aromatic rings. The molecule has 1 N–H and O–H groups in total. The number of aryl methyl sites for hydroxylation is 2. The van der Waals surface area contributed by atoms with E-state index in [2.05, 4.69) is 58.8 Å². The number of halogens is 1. The molecule has 1 fully saturated rings. The molecule has 108 valence electrons. The van der Waals surface area contributed by atoms with E-state index in [-0.39, 0.29) is 5.54 Å². The minimum absolute atomic E-state index is 0.273. The molecular formula is C15H26BrN3. The number of rotatable bonds is 5. The van der Waals surface area contributed by atoms with Crippen LogP contribution in [0, 0.1) is 5.92 Å². The third-order valence-corrected chi connectivity index (χ3v) is 5.06. The minimum Gasteiger partial charge on any atom is -0.311 e. The molecule has 1 unspecified atom stereocenters. The molecule has 2 rings (SSSR count). The predicted molar refractivity (Wildman–Crippen MR) is 83.4 cm³/mol. The Labute approximate surface area is 125 Å². The summed E-state index contributed by atoms with van der Waals surface area (Å²) in [6.07, 6.45) is 5.88. The number of hydrogen-bond donors (Lipinski definition) is 1. The van der Waals surface area contributed by atoms with E-state index < -0.39 is 0 Å². The average molecular weight is 328 g/mol. The Bertz CT molecular complexity index is 431. The SMILES string of the molecule is CCc1nn(C)c(CC2(CC(C)C)CCCN2)c1Br. The Hall–Kier alpha value is -0.350. The van der Waals surface area contributed by atoms with Crippen LogP contribution in [0.25, 0.3) is 0 Å². The second-order valence-corrected chi connectivity index (χ2v) is 7.06. The Morgan fingerprint density at radius 3 is 2.68 bits per heavy atom. The maximum Gasteiger partial charge on any atom is 0.0766 e. The van der Waals surface area contributed by atoms with E-state index in [1.54, 1.807) is 0 Å². The number of hydrogen-bond acceptors (Lipinski definition) is 2. The van der Waals surface area contributed by atoms with Crippen molar-refractivity contribution in [2.75, 3.05) is 6.54 Å². The van der Waals surface area contributed by atoms with Crippen LogP contribution >= 0.6 is 15.9 Å². The van der Waals surface area contributed by atoms with Gasteiger partial charge in [-0.05, 0) is 54.1 Å². The topological polar surface area (TPSA) is 29.9 Å². The maximum absolute atomic E-state index is 4.62. The Morgan fingerprint density at radius 1 is 1.47 bits per heavy atom. The molecule has 4 heteroatoms. The largest absolute Gasteiger partial charge is 0.311 e. The van der Waals surface area contributed by atoms with Gasteiger partial charge in [0.1, 0.15) is 0 Å². The molecular weight excluding hydrogens is 302 g/mol. The molecule has 1 aliphatic heterocycles. The fourth-order valence-corrected chi connectivity index (χ4v) is 4.14.